The number of hydrogen-bond donors (Lipinski definition) is 1. The predicted octanol–water partition coefficient (Wildman–Crippen LogP) is 4.02. The van der Waals surface area contributed by atoms with Crippen molar-refractivity contribution in [3.05, 3.63) is 35.7 Å². The monoisotopic (exact) mass is 265 g/mol. The van der Waals surface area contributed by atoms with Crippen LogP contribution in [0, 0.1) is 5.82 Å². The normalized spacial score (nSPS) is 12.6. The van der Waals surface area contributed by atoms with E-state index in [1.807, 2.05) is 13.0 Å². The minimum atomic E-state index is -0.319. The lowest BCUT2D eigenvalue weighted by molar-refractivity contribution is 0.386. The fourth-order valence-corrected chi connectivity index (χ4v) is 1.77. The molecule has 0 radical (unpaired) electrons. The second-order valence-corrected chi connectivity index (χ2v) is 5.70. The summed E-state index contributed by atoms with van der Waals surface area (Å²) >= 11 is 0. The molecular weight excluding hydrogens is 241 g/mol. The molecule has 1 rings (SSSR count). The molecular formula is C16H24FNO. The van der Waals surface area contributed by atoms with E-state index in [0.29, 0.717) is 0 Å². The average molecular weight is 265 g/mol. The van der Waals surface area contributed by atoms with Crippen molar-refractivity contribution in [1.29, 1.82) is 0 Å². The van der Waals surface area contributed by atoms with E-state index >= 15 is 0 Å². The van der Waals surface area contributed by atoms with E-state index in [0.717, 1.165) is 24.1 Å². The summed E-state index contributed by atoms with van der Waals surface area (Å²) in [5.41, 5.74) is 2.11. The van der Waals surface area contributed by atoms with Crippen LogP contribution in [0.3, 0.4) is 0 Å². The Labute approximate surface area is 115 Å². The van der Waals surface area contributed by atoms with E-state index in [1.54, 1.807) is 6.07 Å². The van der Waals surface area contributed by atoms with Crippen molar-refractivity contribution in [2.24, 2.45) is 0 Å². The first-order valence-electron chi connectivity index (χ1n) is 6.59. The van der Waals surface area contributed by atoms with Crippen molar-refractivity contribution in [3.8, 4) is 5.75 Å². The van der Waals surface area contributed by atoms with Gasteiger partial charge in [0.2, 0.25) is 0 Å². The van der Waals surface area contributed by atoms with E-state index in [4.69, 9.17) is 4.74 Å². The lowest BCUT2D eigenvalue weighted by Crippen LogP contribution is -2.36. The maximum Gasteiger partial charge on any atom is 0.165 e. The highest BCUT2D eigenvalue weighted by molar-refractivity contribution is 5.64. The van der Waals surface area contributed by atoms with Crippen LogP contribution < -0.4 is 10.1 Å². The van der Waals surface area contributed by atoms with Crippen LogP contribution in [-0.2, 0) is 0 Å². The molecule has 0 heterocycles. The third kappa shape index (κ3) is 5.43. The minimum Gasteiger partial charge on any atom is -0.494 e. The topological polar surface area (TPSA) is 21.3 Å². The summed E-state index contributed by atoms with van der Waals surface area (Å²) in [6.07, 6.45) is 3.05. The zero-order valence-electron chi connectivity index (χ0n) is 12.5. The van der Waals surface area contributed by atoms with Crippen LogP contribution in [0.15, 0.2) is 24.3 Å². The molecule has 0 aliphatic carbocycles. The maximum absolute atomic E-state index is 13.6. The van der Waals surface area contributed by atoms with Crippen LogP contribution in [0.25, 0.3) is 5.57 Å². The quantitative estimate of drug-likeness (QED) is 0.812. The number of methoxy groups -OCH3 is 1. The average Bonchev–Trinajstić information content (AvgIpc) is 2.33. The van der Waals surface area contributed by atoms with E-state index < -0.39 is 0 Å². The molecule has 2 nitrogen and oxygen atoms in total. The second-order valence-electron chi connectivity index (χ2n) is 5.70. The van der Waals surface area contributed by atoms with Crippen molar-refractivity contribution in [3.63, 3.8) is 0 Å². The fourth-order valence-electron chi connectivity index (χ4n) is 1.77. The molecule has 1 aromatic rings. The van der Waals surface area contributed by atoms with Gasteiger partial charge in [0.05, 0.1) is 7.11 Å². The van der Waals surface area contributed by atoms with E-state index in [1.165, 1.54) is 13.2 Å². The summed E-state index contributed by atoms with van der Waals surface area (Å²) in [6.45, 7) is 9.34. The Morgan fingerprint density at radius 2 is 2.05 bits per heavy atom. The van der Waals surface area contributed by atoms with Crippen LogP contribution >= 0.6 is 0 Å². The Kier molecular flexibility index (Phi) is 5.55. The summed E-state index contributed by atoms with van der Waals surface area (Å²) in [4.78, 5) is 0. The number of benzene rings is 1. The number of nitrogens with one attached hydrogen (secondary N) is 1. The van der Waals surface area contributed by atoms with Gasteiger partial charge in [-0.05, 0) is 63.9 Å². The van der Waals surface area contributed by atoms with E-state index in [9.17, 15) is 4.39 Å². The van der Waals surface area contributed by atoms with Gasteiger partial charge in [0, 0.05) is 5.54 Å². The number of allylic oxidation sites excluding steroid dienone is 1. The smallest absolute Gasteiger partial charge is 0.165 e. The fraction of sp³-hybridized carbons (Fsp3) is 0.500. The third-order valence-electron chi connectivity index (χ3n) is 2.86. The van der Waals surface area contributed by atoms with Crippen LogP contribution in [0.4, 0.5) is 4.39 Å². The number of hydrogen-bond acceptors (Lipinski definition) is 2. The van der Waals surface area contributed by atoms with Crippen LogP contribution in [0.1, 0.15) is 39.7 Å². The van der Waals surface area contributed by atoms with Crippen molar-refractivity contribution < 1.29 is 9.13 Å². The Morgan fingerprint density at radius 1 is 1.37 bits per heavy atom. The molecule has 0 aliphatic heterocycles. The first-order valence-corrected chi connectivity index (χ1v) is 6.59. The van der Waals surface area contributed by atoms with Gasteiger partial charge in [-0.25, -0.2) is 4.39 Å². The Balaban J connectivity index is 2.62. The standard InChI is InChI=1S/C16H24FNO/c1-12(7-6-10-18-16(2,3)4)13-8-9-15(19-5)14(17)11-13/h7-9,11,18H,6,10H2,1-5H3. The van der Waals surface area contributed by atoms with Gasteiger partial charge >= 0.3 is 0 Å². The van der Waals surface area contributed by atoms with Gasteiger partial charge in [-0.2, -0.15) is 0 Å². The molecule has 1 N–H and O–H groups in total. The van der Waals surface area contributed by atoms with Gasteiger partial charge in [-0.3, -0.25) is 0 Å². The highest BCUT2D eigenvalue weighted by atomic mass is 19.1. The molecule has 0 unspecified atom stereocenters. The molecule has 3 heteroatoms. The molecule has 19 heavy (non-hydrogen) atoms. The lowest BCUT2D eigenvalue weighted by Gasteiger charge is -2.19. The molecule has 1 aromatic carbocycles. The van der Waals surface area contributed by atoms with Gasteiger partial charge < -0.3 is 10.1 Å². The Hall–Kier alpha value is -1.35. The highest BCUT2D eigenvalue weighted by Gasteiger charge is 2.07. The largest absolute Gasteiger partial charge is 0.494 e. The molecule has 0 aromatic heterocycles. The summed E-state index contributed by atoms with van der Waals surface area (Å²) in [5.74, 6) is -0.0356. The van der Waals surface area contributed by atoms with Crippen LogP contribution in [-0.4, -0.2) is 19.2 Å². The lowest BCUT2D eigenvalue weighted by atomic mass is 10.1. The number of halogens is 1. The maximum atomic E-state index is 13.6. The molecule has 0 spiro atoms. The Bertz CT molecular complexity index is 447. The van der Waals surface area contributed by atoms with Crippen molar-refractivity contribution >= 4 is 5.57 Å². The van der Waals surface area contributed by atoms with E-state index in [-0.39, 0.29) is 17.1 Å². The summed E-state index contributed by atoms with van der Waals surface area (Å²) in [7, 11) is 1.47. The third-order valence-corrected chi connectivity index (χ3v) is 2.86. The first kappa shape index (κ1) is 15.7. The molecule has 0 amide bonds. The highest BCUT2D eigenvalue weighted by Crippen LogP contribution is 2.22. The van der Waals surface area contributed by atoms with E-state index in [2.05, 4.69) is 32.2 Å². The zero-order chi connectivity index (χ0) is 14.5. The van der Waals surface area contributed by atoms with Crippen molar-refractivity contribution in [1.82, 2.24) is 5.32 Å². The molecule has 106 valence electrons. The summed E-state index contributed by atoms with van der Waals surface area (Å²) in [5, 5.41) is 3.42. The summed E-state index contributed by atoms with van der Waals surface area (Å²) in [6, 6.07) is 5.06. The molecule has 0 fully saturated rings. The SMILES string of the molecule is COc1ccc(C(C)=CCCNC(C)(C)C)cc1F. The summed E-state index contributed by atoms with van der Waals surface area (Å²) < 4.78 is 18.5. The Morgan fingerprint density at radius 3 is 2.58 bits per heavy atom. The number of rotatable bonds is 5. The van der Waals surface area contributed by atoms with Crippen molar-refractivity contribution in [2.45, 2.75) is 39.7 Å². The number of ether oxygens (including phenoxy) is 1. The molecule has 0 aliphatic rings. The van der Waals surface area contributed by atoms with Gasteiger partial charge in [-0.1, -0.05) is 12.1 Å². The first-order chi connectivity index (χ1) is 8.83. The zero-order valence-corrected chi connectivity index (χ0v) is 12.5. The second kappa shape index (κ2) is 6.71. The molecule has 0 saturated heterocycles. The van der Waals surface area contributed by atoms with Gasteiger partial charge in [0.15, 0.2) is 11.6 Å². The van der Waals surface area contributed by atoms with Crippen LogP contribution in [0.2, 0.25) is 0 Å². The van der Waals surface area contributed by atoms with Gasteiger partial charge in [0.1, 0.15) is 0 Å². The molecule has 0 bridgehead atoms. The van der Waals surface area contributed by atoms with Gasteiger partial charge in [-0.15, -0.1) is 0 Å². The predicted molar refractivity (Wildman–Crippen MR) is 79.0 cm³/mol. The van der Waals surface area contributed by atoms with Crippen molar-refractivity contribution in [2.75, 3.05) is 13.7 Å². The molecule has 0 atom stereocenters. The van der Waals surface area contributed by atoms with Crippen LogP contribution in [0.5, 0.6) is 5.75 Å². The minimum absolute atomic E-state index is 0.133. The van der Waals surface area contributed by atoms with Gasteiger partial charge in [0.25, 0.3) is 0 Å². The molecule has 0 saturated carbocycles.